The maximum Gasteiger partial charge on any atom is 0.411 e. The first kappa shape index (κ1) is 22.7. The fourth-order valence-electron chi connectivity index (χ4n) is 4.19. The summed E-state index contributed by atoms with van der Waals surface area (Å²) in [4.78, 5) is 25.7. The summed E-state index contributed by atoms with van der Waals surface area (Å²) in [5.74, 6) is 0. The molecular formula is C24H29N5O4. The van der Waals surface area contributed by atoms with Crippen molar-refractivity contribution in [3.05, 3.63) is 69.9 Å². The minimum absolute atomic E-state index is 0.156. The Kier molecular flexibility index (Phi) is 6.88. The zero-order valence-corrected chi connectivity index (χ0v) is 19.0. The maximum absolute atomic E-state index is 12.6. The predicted molar refractivity (Wildman–Crippen MR) is 124 cm³/mol. The minimum atomic E-state index is -0.987. The number of carbonyl (C=O) groups is 1. The second-order valence-corrected chi connectivity index (χ2v) is 8.27. The van der Waals surface area contributed by atoms with E-state index >= 15 is 0 Å². The number of anilines is 1. The third-order valence-electron chi connectivity index (χ3n) is 6.04. The van der Waals surface area contributed by atoms with Gasteiger partial charge in [0.15, 0.2) is 0 Å². The number of amides is 1. The molecule has 0 spiro atoms. The highest BCUT2D eigenvalue weighted by atomic mass is 16.5. The van der Waals surface area contributed by atoms with Gasteiger partial charge in [0.05, 0.1) is 24.1 Å². The van der Waals surface area contributed by atoms with Crippen molar-refractivity contribution in [2.45, 2.75) is 45.6 Å². The van der Waals surface area contributed by atoms with E-state index in [4.69, 9.17) is 4.74 Å². The summed E-state index contributed by atoms with van der Waals surface area (Å²) in [6, 6.07) is 7.34. The molecule has 1 saturated heterocycles. The molecule has 1 aromatic carbocycles. The van der Waals surface area contributed by atoms with Crippen LogP contribution >= 0.6 is 0 Å². The van der Waals surface area contributed by atoms with Crippen LogP contribution in [0.25, 0.3) is 5.69 Å². The van der Waals surface area contributed by atoms with E-state index in [-0.39, 0.29) is 5.43 Å². The number of aromatic nitrogens is 4. The summed E-state index contributed by atoms with van der Waals surface area (Å²) in [6.07, 6.45) is 7.22. The van der Waals surface area contributed by atoms with Crippen LogP contribution in [0.15, 0.2) is 47.7 Å². The molecule has 1 aliphatic heterocycles. The Balaban J connectivity index is 1.61. The Morgan fingerprint density at radius 2 is 2.06 bits per heavy atom. The van der Waals surface area contributed by atoms with Crippen LogP contribution in [0, 0.1) is 6.92 Å². The standard InChI is InChI=1S/C24H29N5O4/c1-3-10-27(24(31)32)22-6-4-5-18(17(22)2)14-21-23(30)7-11-28(26-21)20-15-25-29(16-20)19-8-12-33-13-9-19/h4-7,11,15-16,19H,3,8-10,12-14H2,1-2H3,(H,31,32). The van der Waals surface area contributed by atoms with Crippen molar-refractivity contribution in [3.8, 4) is 5.69 Å². The average Bonchev–Trinajstić information content (AvgIpc) is 3.31. The van der Waals surface area contributed by atoms with Crippen molar-refractivity contribution in [2.24, 2.45) is 0 Å². The van der Waals surface area contributed by atoms with E-state index in [2.05, 4.69) is 10.2 Å². The van der Waals surface area contributed by atoms with Gasteiger partial charge in [-0.2, -0.15) is 10.2 Å². The van der Waals surface area contributed by atoms with Gasteiger partial charge in [0.25, 0.3) is 0 Å². The van der Waals surface area contributed by atoms with Crippen molar-refractivity contribution in [1.82, 2.24) is 19.6 Å². The highest BCUT2D eigenvalue weighted by Crippen LogP contribution is 2.25. The fourth-order valence-corrected chi connectivity index (χ4v) is 4.19. The quantitative estimate of drug-likeness (QED) is 0.589. The molecule has 9 heteroatoms. The van der Waals surface area contributed by atoms with Crippen molar-refractivity contribution >= 4 is 11.8 Å². The third-order valence-corrected chi connectivity index (χ3v) is 6.04. The summed E-state index contributed by atoms with van der Waals surface area (Å²) in [7, 11) is 0. The summed E-state index contributed by atoms with van der Waals surface area (Å²) in [5, 5.41) is 18.7. The molecule has 0 bridgehead atoms. The molecule has 33 heavy (non-hydrogen) atoms. The topological polar surface area (TPSA) is 102 Å². The van der Waals surface area contributed by atoms with E-state index in [0.29, 0.717) is 36.8 Å². The lowest BCUT2D eigenvalue weighted by atomic mass is 10.0. The summed E-state index contributed by atoms with van der Waals surface area (Å²) in [5.41, 5.74) is 3.36. The van der Waals surface area contributed by atoms with Crippen molar-refractivity contribution in [1.29, 1.82) is 0 Å². The second-order valence-electron chi connectivity index (χ2n) is 8.27. The normalized spacial score (nSPS) is 14.4. The Labute approximate surface area is 192 Å². The molecule has 1 aliphatic rings. The zero-order chi connectivity index (χ0) is 23.4. The first-order valence-corrected chi connectivity index (χ1v) is 11.3. The van der Waals surface area contributed by atoms with E-state index in [1.54, 1.807) is 23.1 Å². The monoisotopic (exact) mass is 451 g/mol. The van der Waals surface area contributed by atoms with E-state index in [1.165, 1.54) is 11.0 Å². The van der Waals surface area contributed by atoms with Gasteiger partial charge in [0, 0.05) is 38.4 Å². The van der Waals surface area contributed by atoms with Gasteiger partial charge in [-0.25, -0.2) is 9.48 Å². The number of hydrogen-bond donors (Lipinski definition) is 1. The number of ether oxygens (including phenoxy) is 1. The molecule has 0 atom stereocenters. The Bertz CT molecular complexity index is 1180. The Morgan fingerprint density at radius 1 is 1.27 bits per heavy atom. The van der Waals surface area contributed by atoms with Crippen molar-refractivity contribution in [3.63, 3.8) is 0 Å². The molecule has 0 saturated carbocycles. The lowest BCUT2D eigenvalue weighted by Gasteiger charge is -2.22. The first-order valence-electron chi connectivity index (χ1n) is 11.3. The molecule has 1 fully saturated rings. The third kappa shape index (κ3) is 4.98. The highest BCUT2D eigenvalue weighted by Gasteiger charge is 2.19. The van der Waals surface area contributed by atoms with E-state index in [1.807, 2.05) is 36.9 Å². The van der Waals surface area contributed by atoms with Gasteiger partial charge in [-0.3, -0.25) is 14.4 Å². The average molecular weight is 452 g/mol. The van der Waals surface area contributed by atoms with Crippen LogP contribution < -0.4 is 10.3 Å². The Hall–Kier alpha value is -3.46. The molecule has 9 nitrogen and oxygen atoms in total. The number of carboxylic acid groups (broad SMARTS) is 1. The fraction of sp³-hybridized carbons (Fsp3) is 0.417. The van der Waals surface area contributed by atoms with Crippen LogP contribution in [0.5, 0.6) is 0 Å². The van der Waals surface area contributed by atoms with Crippen molar-refractivity contribution < 1.29 is 14.6 Å². The van der Waals surface area contributed by atoms with Gasteiger partial charge < -0.3 is 9.84 Å². The summed E-state index contributed by atoms with van der Waals surface area (Å²) < 4.78 is 9.04. The summed E-state index contributed by atoms with van der Waals surface area (Å²) in [6.45, 7) is 5.70. The molecule has 1 amide bonds. The molecule has 3 heterocycles. The number of rotatable bonds is 7. The van der Waals surface area contributed by atoms with E-state index < -0.39 is 6.09 Å². The van der Waals surface area contributed by atoms with E-state index in [9.17, 15) is 14.7 Å². The molecule has 174 valence electrons. The van der Waals surface area contributed by atoms with Crippen LogP contribution in [0.3, 0.4) is 0 Å². The first-order chi connectivity index (χ1) is 16.0. The van der Waals surface area contributed by atoms with Crippen LogP contribution in [-0.2, 0) is 11.2 Å². The second kappa shape index (κ2) is 9.99. The zero-order valence-electron chi connectivity index (χ0n) is 19.0. The molecular weight excluding hydrogens is 422 g/mol. The van der Waals surface area contributed by atoms with Crippen molar-refractivity contribution in [2.75, 3.05) is 24.7 Å². The molecule has 4 rings (SSSR count). The predicted octanol–water partition coefficient (Wildman–Crippen LogP) is 3.57. The lowest BCUT2D eigenvalue weighted by Crippen LogP contribution is -2.30. The van der Waals surface area contributed by atoms with Gasteiger partial charge in [-0.15, -0.1) is 0 Å². The van der Waals surface area contributed by atoms with Crippen LogP contribution in [-0.4, -0.2) is 50.5 Å². The SMILES string of the molecule is CCCN(C(=O)O)c1cccc(Cc2nn(-c3cnn(C4CCOCC4)c3)ccc2=O)c1C. The van der Waals surface area contributed by atoms with Gasteiger partial charge in [0.2, 0.25) is 5.43 Å². The molecule has 3 aromatic rings. The molecule has 0 radical (unpaired) electrons. The van der Waals surface area contributed by atoms with Gasteiger partial charge in [-0.1, -0.05) is 19.1 Å². The van der Waals surface area contributed by atoms with Gasteiger partial charge >= 0.3 is 6.09 Å². The number of nitrogens with zero attached hydrogens (tertiary/aromatic N) is 5. The number of benzene rings is 1. The molecule has 2 aromatic heterocycles. The van der Waals surface area contributed by atoms with Gasteiger partial charge in [0.1, 0.15) is 11.4 Å². The minimum Gasteiger partial charge on any atom is -0.465 e. The smallest absolute Gasteiger partial charge is 0.411 e. The molecule has 0 unspecified atom stereocenters. The largest absolute Gasteiger partial charge is 0.465 e. The molecule has 1 N–H and O–H groups in total. The number of hydrogen-bond acceptors (Lipinski definition) is 5. The van der Waals surface area contributed by atoms with Crippen LogP contribution in [0.2, 0.25) is 0 Å². The summed E-state index contributed by atoms with van der Waals surface area (Å²) >= 11 is 0. The van der Waals surface area contributed by atoms with Gasteiger partial charge in [-0.05, 0) is 43.4 Å². The Morgan fingerprint density at radius 3 is 2.79 bits per heavy atom. The van der Waals surface area contributed by atoms with E-state index in [0.717, 1.165) is 42.9 Å². The van der Waals surface area contributed by atoms with Crippen LogP contribution in [0.4, 0.5) is 10.5 Å². The molecule has 0 aliphatic carbocycles. The maximum atomic E-state index is 12.6. The highest BCUT2D eigenvalue weighted by molar-refractivity contribution is 5.87. The van der Waals surface area contributed by atoms with Crippen LogP contribution in [0.1, 0.15) is 49.0 Å². The lowest BCUT2D eigenvalue weighted by molar-refractivity contribution is 0.0662.